The second-order valence-corrected chi connectivity index (χ2v) is 6.19. The predicted octanol–water partition coefficient (Wildman–Crippen LogP) is 3.01. The summed E-state index contributed by atoms with van der Waals surface area (Å²) in [5.41, 5.74) is 1.39. The maximum Gasteiger partial charge on any atom is 0.191 e. The van der Waals surface area contributed by atoms with Crippen LogP contribution in [-0.4, -0.2) is 38.6 Å². The van der Waals surface area contributed by atoms with E-state index in [-0.39, 0.29) is 24.0 Å². The highest BCUT2D eigenvalue weighted by Gasteiger charge is 2.06. The number of thiazole rings is 1. The summed E-state index contributed by atoms with van der Waals surface area (Å²) in [6, 6.07) is 3.61. The van der Waals surface area contributed by atoms with Gasteiger partial charge < -0.3 is 15.5 Å². The van der Waals surface area contributed by atoms with Gasteiger partial charge in [0.2, 0.25) is 0 Å². The van der Waals surface area contributed by atoms with Crippen molar-refractivity contribution < 1.29 is 8.78 Å². The maximum absolute atomic E-state index is 13.6. The quantitative estimate of drug-likeness (QED) is 0.379. The number of nitrogens with one attached hydrogen (secondary N) is 2. The lowest BCUT2D eigenvalue weighted by atomic mass is 10.1. The van der Waals surface area contributed by atoms with E-state index in [1.54, 1.807) is 18.4 Å². The van der Waals surface area contributed by atoms with Crippen molar-refractivity contribution in [3.63, 3.8) is 0 Å². The molecule has 0 radical (unpaired) electrons. The number of hydrogen-bond acceptors (Lipinski definition) is 4. The fourth-order valence-corrected chi connectivity index (χ4v) is 2.78. The van der Waals surface area contributed by atoms with Crippen LogP contribution >= 0.6 is 35.3 Å². The third-order valence-electron chi connectivity index (χ3n) is 3.28. The Hall–Kier alpha value is -1.49. The number of rotatable bonds is 6. The highest BCUT2D eigenvalue weighted by Crippen LogP contribution is 2.17. The van der Waals surface area contributed by atoms with Gasteiger partial charge in [-0.2, -0.15) is 0 Å². The molecule has 0 atom stereocenters. The molecule has 5 nitrogen and oxygen atoms in total. The highest BCUT2D eigenvalue weighted by molar-refractivity contribution is 14.0. The van der Waals surface area contributed by atoms with Crippen LogP contribution < -0.4 is 15.5 Å². The van der Waals surface area contributed by atoms with Gasteiger partial charge in [0.1, 0.15) is 11.6 Å². The minimum absolute atomic E-state index is 0. The van der Waals surface area contributed by atoms with Crippen molar-refractivity contribution in [1.82, 2.24) is 15.6 Å². The Bertz CT molecular complexity index is 706. The fourth-order valence-electron chi connectivity index (χ4n) is 2.02. The molecule has 1 aromatic heterocycles. The second-order valence-electron chi connectivity index (χ2n) is 5.35. The van der Waals surface area contributed by atoms with Crippen molar-refractivity contribution in [2.45, 2.75) is 13.0 Å². The van der Waals surface area contributed by atoms with Gasteiger partial charge in [0.25, 0.3) is 0 Å². The molecule has 0 spiro atoms. The number of aromatic nitrogens is 1. The highest BCUT2D eigenvalue weighted by atomic mass is 127. The van der Waals surface area contributed by atoms with Crippen LogP contribution in [0.5, 0.6) is 0 Å². The van der Waals surface area contributed by atoms with E-state index >= 15 is 0 Å². The molecule has 1 aromatic carbocycles. The minimum atomic E-state index is -0.568. The first-order chi connectivity index (χ1) is 11.5. The summed E-state index contributed by atoms with van der Waals surface area (Å²) < 4.78 is 26.4. The van der Waals surface area contributed by atoms with Crippen molar-refractivity contribution in [1.29, 1.82) is 0 Å². The van der Waals surface area contributed by atoms with E-state index in [2.05, 4.69) is 20.6 Å². The zero-order valence-corrected chi connectivity index (χ0v) is 17.5. The van der Waals surface area contributed by atoms with Crippen LogP contribution in [0.1, 0.15) is 11.3 Å². The summed E-state index contributed by atoms with van der Waals surface area (Å²) >= 11 is 1.58. The van der Waals surface area contributed by atoms with Gasteiger partial charge in [-0.15, -0.1) is 35.3 Å². The predicted molar refractivity (Wildman–Crippen MR) is 110 cm³/mol. The number of anilines is 1. The van der Waals surface area contributed by atoms with E-state index in [0.717, 1.165) is 16.9 Å². The molecule has 138 valence electrons. The van der Waals surface area contributed by atoms with Gasteiger partial charge in [-0.25, -0.2) is 13.8 Å². The molecule has 0 aliphatic heterocycles. The normalized spacial score (nSPS) is 11.0. The average molecular weight is 481 g/mol. The lowest BCUT2D eigenvalue weighted by Gasteiger charge is -2.11. The minimum Gasteiger partial charge on any atom is -0.356 e. The van der Waals surface area contributed by atoms with Gasteiger partial charge >= 0.3 is 0 Å². The molecule has 0 fully saturated rings. The van der Waals surface area contributed by atoms with E-state index in [0.29, 0.717) is 31.0 Å². The average Bonchev–Trinajstić information content (AvgIpc) is 3.01. The van der Waals surface area contributed by atoms with Crippen LogP contribution in [0, 0.1) is 11.6 Å². The SMILES string of the molecule is CN=C(NCCc1ccc(F)cc1F)NCc1csc(N(C)C)n1.I. The van der Waals surface area contributed by atoms with Crippen LogP contribution in [0.3, 0.4) is 0 Å². The number of benzene rings is 1. The Morgan fingerprint density at radius 2 is 2.04 bits per heavy atom. The lowest BCUT2D eigenvalue weighted by Crippen LogP contribution is -2.38. The Morgan fingerprint density at radius 3 is 2.64 bits per heavy atom. The van der Waals surface area contributed by atoms with Gasteiger partial charge in [-0.3, -0.25) is 4.99 Å². The van der Waals surface area contributed by atoms with Crippen molar-refractivity contribution >= 4 is 46.4 Å². The summed E-state index contributed by atoms with van der Waals surface area (Å²) in [6.07, 6.45) is 0.439. The van der Waals surface area contributed by atoms with E-state index in [9.17, 15) is 8.78 Å². The molecule has 0 bridgehead atoms. The van der Waals surface area contributed by atoms with Crippen LogP contribution in [0.4, 0.5) is 13.9 Å². The van der Waals surface area contributed by atoms with Crippen LogP contribution in [0.2, 0.25) is 0 Å². The molecule has 2 N–H and O–H groups in total. The number of hydrogen-bond donors (Lipinski definition) is 2. The molecule has 0 unspecified atom stereocenters. The molecule has 2 rings (SSSR count). The zero-order chi connectivity index (χ0) is 17.5. The van der Waals surface area contributed by atoms with E-state index in [1.165, 1.54) is 12.1 Å². The molecular weight excluding hydrogens is 459 g/mol. The first-order valence-electron chi connectivity index (χ1n) is 7.49. The standard InChI is InChI=1S/C16H21F2N5S.HI/c1-19-15(21-9-13-10-24-16(22-13)23(2)3)20-7-6-11-4-5-12(17)8-14(11)18;/h4-5,8,10H,6-7,9H2,1-3H3,(H2,19,20,21);1H. The topological polar surface area (TPSA) is 52.6 Å². The molecule has 0 aliphatic carbocycles. The Kier molecular flexibility index (Phi) is 9.04. The molecule has 1 heterocycles. The van der Waals surface area contributed by atoms with E-state index in [4.69, 9.17) is 0 Å². The largest absolute Gasteiger partial charge is 0.356 e. The molecule has 9 heteroatoms. The van der Waals surface area contributed by atoms with Gasteiger partial charge in [0.05, 0.1) is 12.2 Å². The van der Waals surface area contributed by atoms with E-state index in [1.807, 2.05) is 24.4 Å². The summed E-state index contributed by atoms with van der Waals surface area (Å²) in [4.78, 5) is 10.6. The number of nitrogens with zero attached hydrogens (tertiary/aromatic N) is 3. The summed E-state index contributed by atoms with van der Waals surface area (Å²) in [6.45, 7) is 1.04. The van der Waals surface area contributed by atoms with E-state index < -0.39 is 11.6 Å². The van der Waals surface area contributed by atoms with Gasteiger partial charge in [0, 0.05) is 39.1 Å². The Labute approximate surface area is 167 Å². The first-order valence-corrected chi connectivity index (χ1v) is 8.37. The Morgan fingerprint density at radius 1 is 1.28 bits per heavy atom. The summed E-state index contributed by atoms with van der Waals surface area (Å²) in [5, 5.41) is 9.20. The smallest absolute Gasteiger partial charge is 0.191 e. The molecule has 25 heavy (non-hydrogen) atoms. The molecule has 0 saturated carbocycles. The zero-order valence-electron chi connectivity index (χ0n) is 14.3. The third-order valence-corrected chi connectivity index (χ3v) is 4.34. The van der Waals surface area contributed by atoms with Gasteiger partial charge in [-0.1, -0.05) is 6.07 Å². The molecular formula is C16H22F2IN5S. The monoisotopic (exact) mass is 481 g/mol. The number of guanidine groups is 1. The van der Waals surface area contributed by atoms with Crippen LogP contribution in [-0.2, 0) is 13.0 Å². The number of halogens is 3. The summed E-state index contributed by atoms with van der Waals surface area (Å²) in [5.74, 6) is -0.489. The third kappa shape index (κ3) is 6.73. The van der Waals surface area contributed by atoms with Crippen molar-refractivity contribution in [3.05, 3.63) is 46.5 Å². The molecule has 0 amide bonds. The van der Waals surface area contributed by atoms with Crippen LogP contribution in [0.25, 0.3) is 0 Å². The maximum atomic E-state index is 13.6. The molecule has 0 aliphatic rings. The Balaban J connectivity index is 0.00000312. The van der Waals surface area contributed by atoms with Crippen molar-refractivity contribution in [3.8, 4) is 0 Å². The fraction of sp³-hybridized carbons (Fsp3) is 0.375. The second kappa shape index (κ2) is 10.5. The summed E-state index contributed by atoms with van der Waals surface area (Å²) in [7, 11) is 5.57. The number of aliphatic imine (C=N–C) groups is 1. The van der Waals surface area contributed by atoms with Gasteiger partial charge in [0.15, 0.2) is 11.1 Å². The molecule has 2 aromatic rings. The van der Waals surface area contributed by atoms with Crippen LogP contribution in [0.15, 0.2) is 28.6 Å². The van der Waals surface area contributed by atoms with Gasteiger partial charge in [-0.05, 0) is 18.1 Å². The first kappa shape index (κ1) is 21.6. The van der Waals surface area contributed by atoms with Crippen molar-refractivity contribution in [2.24, 2.45) is 4.99 Å². The lowest BCUT2D eigenvalue weighted by molar-refractivity contribution is 0.570. The van der Waals surface area contributed by atoms with Crippen molar-refractivity contribution in [2.75, 3.05) is 32.6 Å². The molecule has 0 saturated heterocycles.